The number of rotatable bonds is 6. The van der Waals surface area contributed by atoms with Crippen LogP contribution < -0.4 is 10.0 Å². The predicted molar refractivity (Wildman–Crippen MR) is 76.7 cm³/mol. The van der Waals surface area contributed by atoms with Crippen molar-refractivity contribution in [2.75, 3.05) is 7.05 Å². The molecule has 6 heteroatoms. The highest BCUT2D eigenvalue weighted by Crippen LogP contribution is 2.13. The summed E-state index contributed by atoms with van der Waals surface area (Å²) in [7, 11) is -1.71. The van der Waals surface area contributed by atoms with E-state index in [1.54, 1.807) is 30.3 Å². The fourth-order valence-corrected chi connectivity index (χ4v) is 2.92. The van der Waals surface area contributed by atoms with E-state index in [1.165, 1.54) is 0 Å². The minimum absolute atomic E-state index is 0.145. The second kappa shape index (κ2) is 6.21. The van der Waals surface area contributed by atoms with Crippen molar-refractivity contribution in [3.05, 3.63) is 53.5 Å². The molecule has 0 spiro atoms. The highest BCUT2D eigenvalue weighted by atomic mass is 32.2. The van der Waals surface area contributed by atoms with Crippen LogP contribution in [0.5, 0.6) is 0 Å². The van der Waals surface area contributed by atoms with E-state index in [9.17, 15) is 8.42 Å². The molecule has 0 atom stereocenters. The van der Waals surface area contributed by atoms with Gasteiger partial charge in [-0.2, -0.15) is 0 Å². The van der Waals surface area contributed by atoms with E-state index in [2.05, 4.69) is 10.0 Å². The van der Waals surface area contributed by atoms with Crippen LogP contribution in [0, 0.1) is 6.92 Å². The zero-order valence-corrected chi connectivity index (χ0v) is 12.3. The predicted octanol–water partition coefficient (Wildman–Crippen LogP) is 1.79. The van der Waals surface area contributed by atoms with Crippen LogP contribution in [-0.2, 0) is 23.1 Å². The number of furan rings is 1. The molecule has 0 aliphatic carbocycles. The van der Waals surface area contributed by atoms with Crippen LogP contribution in [0.3, 0.4) is 0 Å². The first-order valence-corrected chi connectivity index (χ1v) is 7.78. The normalized spacial score (nSPS) is 11.7. The molecule has 0 amide bonds. The second-order valence-electron chi connectivity index (χ2n) is 4.51. The van der Waals surface area contributed by atoms with Crippen molar-refractivity contribution in [2.24, 2.45) is 0 Å². The molecule has 0 saturated carbocycles. The first-order valence-electron chi connectivity index (χ1n) is 6.30. The van der Waals surface area contributed by atoms with E-state index in [4.69, 9.17) is 4.42 Å². The van der Waals surface area contributed by atoms with Gasteiger partial charge in [-0.1, -0.05) is 12.1 Å². The Balaban J connectivity index is 2.11. The lowest BCUT2D eigenvalue weighted by atomic mass is 10.2. The number of hydrogen-bond acceptors (Lipinski definition) is 4. The van der Waals surface area contributed by atoms with Gasteiger partial charge in [-0.3, -0.25) is 0 Å². The van der Waals surface area contributed by atoms with Crippen molar-refractivity contribution in [1.82, 2.24) is 10.0 Å². The van der Waals surface area contributed by atoms with E-state index in [-0.39, 0.29) is 11.4 Å². The molecule has 5 nitrogen and oxygen atoms in total. The van der Waals surface area contributed by atoms with Crippen molar-refractivity contribution in [2.45, 2.75) is 24.9 Å². The monoisotopic (exact) mass is 294 g/mol. The van der Waals surface area contributed by atoms with Gasteiger partial charge in [-0.25, -0.2) is 13.1 Å². The molecule has 20 heavy (non-hydrogen) atoms. The van der Waals surface area contributed by atoms with Crippen molar-refractivity contribution in [3.63, 3.8) is 0 Å². The fraction of sp³-hybridized carbons (Fsp3) is 0.286. The molecule has 0 aliphatic heterocycles. The molecule has 108 valence electrons. The van der Waals surface area contributed by atoms with Crippen molar-refractivity contribution in [1.29, 1.82) is 0 Å². The molecule has 1 aromatic carbocycles. The summed E-state index contributed by atoms with van der Waals surface area (Å²) in [5.41, 5.74) is 0.921. The molecule has 0 saturated heterocycles. The molecule has 0 radical (unpaired) electrons. The Kier molecular flexibility index (Phi) is 4.59. The van der Waals surface area contributed by atoms with E-state index < -0.39 is 10.0 Å². The molecule has 1 heterocycles. The Morgan fingerprint density at radius 1 is 1.15 bits per heavy atom. The van der Waals surface area contributed by atoms with Gasteiger partial charge in [-0.05, 0) is 43.8 Å². The summed E-state index contributed by atoms with van der Waals surface area (Å²) < 4.78 is 32.3. The van der Waals surface area contributed by atoms with Gasteiger partial charge in [0, 0.05) is 6.54 Å². The smallest absolute Gasteiger partial charge is 0.240 e. The molecular formula is C14H18N2O3S. The molecular weight excluding hydrogens is 276 g/mol. The molecule has 2 aromatic rings. The Hall–Kier alpha value is -1.63. The lowest BCUT2D eigenvalue weighted by Crippen LogP contribution is -2.23. The van der Waals surface area contributed by atoms with Gasteiger partial charge < -0.3 is 9.73 Å². The first kappa shape index (κ1) is 14.8. The fourth-order valence-electron chi connectivity index (χ4n) is 1.86. The summed E-state index contributed by atoms with van der Waals surface area (Å²) in [6, 6.07) is 10.4. The van der Waals surface area contributed by atoms with Gasteiger partial charge in [0.15, 0.2) is 0 Å². The summed E-state index contributed by atoms with van der Waals surface area (Å²) in [6.07, 6.45) is 0. The number of sulfonamides is 1. The zero-order chi connectivity index (χ0) is 14.6. The number of benzene rings is 1. The zero-order valence-electron chi connectivity index (χ0n) is 11.5. The summed E-state index contributed by atoms with van der Waals surface area (Å²) in [5, 5.41) is 2.99. The van der Waals surface area contributed by atoms with Crippen LogP contribution in [0.2, 0.25) is 0 Å². The minimum atomic E-state index is -3.53. The first-order chi connectivity index (χ1) is 9.51. The second-order valence-corrected chi connectivity index (χ2v) is 6.28. The van der Waals surface area contributed by atoms with Gasteiger partial charge in [0.1, 0.15) is 11.5 Å². The van der Waals surface area contributed by atoms with Crippen LogP contribution in [0.25, 0.3) is 0 Å². The lowest BCUT2D eigenvalue weighted by Gasteiger charge is -2.07. The van der Waals surface area contributed by atoms with E-state index >= 15 is 0 Å². The third-order valence-corrected chi connectivity index (χ3v) is 4.22. The summed E-state index contributed by atoms with van der Waals surface area (Å²) >= 11 is 0. The Morgan fingerprint density at radius 2 is 1.95 bits per heavy atom. The highest BCUT2D eigenvalue weighted by molar-refractivity contribution is 7.89. The molecule has 0 aliphatic rings. The molecule has 0 bridgehead atoms. The Bertz CT molecular complexity index is 677. The van der Waals surface area contributed by atoms with Gasteiger partial charge >= 0.3 is 0 Å². The largest absolute Gasteiger partial charge is 0.465 e. The summed E-state index contributed by atoms with van der Waals surface area (Å²) in [4.78, 5) is 0.258. The topological polar surface area (TPSA) is 71.3 Å². The summed E-state index contributed by atoms with van der Waals surface area (Å²) in [6.45, 7) is 2.59. The van der Waals surface area contributed by atoms with Crippen LogP contribution in [-0.4, -0.2) is 15.5 Å². The number of nitrogens with one attached hydrogen (secondary N) is 2. The highest BCUT2D eigenvalue weighted by Gasteiger charge is 2.14. The molecule has 1 aromatic heterocycles. The third kappa shape index (κ3) is 3.69. The maximum absolute atomic E-state index is 12.2. The van der Waals surface area contributed by atoms with E-state index in [0.717, 1.165) is 11.3 Å². The minimum Gasteiger partial charge on any atom is -0.465 e. The third-order valence-electron chi connectivity index (χ3n) is 2.82. The SMILES string of the molecule is CNCc1cccc(S(=O)(=O)NCc2ccc(C)o2)c1. The quantitative estimate of drug-likeness (QED) is 0.852. The van der Waals surface area contributed by atoms with Crippen molar-refractivity contribution < 1.29 is 12.8 Å². The van der Waals surface area contributed by atoms with Crippen molar-refractivity contribution >= 4 is 10.0 Å². The number of aryl methyl sites for hydroxylation is 1. The Labute approximate surface area is 119 Å². The van der Waals surface area contributed by atoms with Crippen LogP contribution in [0.4, 0.5) is 0 Å². The maximum Gasteiger partial charge on any atom is 0.240 e. The van der Waals surface area contributed by atoms with Gasteiger partial charge in [-0.15, -0.1) is 0 Å². The van der Waals surface area contributed by atoms with Crippen molar-refractivity contribution in [3.8, 4) is 0 Å². The average Bonchev–Trinajstić information content (AvgIpc) is 2.83. The molecule has 0 fully saturated rings. The Morgan fingerprint density at radius 3 is 2.60 bits per heavy atom. The summed E-state index contributed by atoms with van der Waals surface area (Å²) in [5.74, 6) is 1.35. The van der Waals surface area contributed by atoms with Gasteiger partial charge in [0.2, 0.25) is 10.0 Å². The maximum atomic E-state index is 12.2. The molecule has 2 rings (SSSR count). The molecule has 0 unspecified atom stereocenters. The van der Waals surface area contributed by atoms with E-state index in [0.29, 0.717) is 12.3 Å². The van der Waals surface area contributed by atoms with Crippen LogP contribution >= 0.6 is 0 Å². The van der Waals surface area contributed by atoms with Crippen LogP contribution in [0.1, 0.15) is 17.1 Å². The molecule has 2 N–H and O–H groups in total. The van der Waals surface area contributed by atoms with Gasteiger partial charge in [0.25, 0.3) is 0 Å². The standard InChI is InChI=1S/C14H18N2O3S/c1-11-6-7-13(19-11)10-16-20(17,18)14-5-3-4-12(8-14)9-15-2/h3-8,15-16H,9-10H2,1-2H3. The lowest BCUT2D eigenvalue weighted by molar-refractivity contribution is 0.475. The van der Waals surface area contributed by atoms with Gasteiger partial charge in [0.05, 0.1) is 11.4 Å². The van der Waals surface area contributed by atoms with E-state index in [1.807, 2.05) is 20.0 Å². The average molecular weight is 294 g/mol. The number of hydrogen-bond donors (Lipinski definition) is 2. The van der Waals surface area contributed by atoms with Crippen LogP contribution in [0.15, 0.2) is 45.7 Å².